The van der Waals surface area contributed by atoms with Gasteiger partial charge in [0.2, 0.25) is 0 Å². The van der Waals surface area contributed by atoms with Gasteiger partial charge in [0.25, 0.3) is 5.56 Å². The molecule has 0 spiro atoms. The van der Waals surface area contributed by atoms with Crippen molar-refractivity contribution in [2.24, 2.45) is 5.73 Å². The summed E-state index contributed by atoms with van der Waals surface area (Å²) >= 11 is 1.59. The Bertz CT molecular complexity index is 650. The lowest BCUT2D eigenvalue weighted by Crippen LogP contribution is -2.34. The fourth-order valence-electron chi connectivity index (χ4n) is 2.55. The van der Waals surface area contributed by atoms with Gasteiger partial charge in [0.15, 0.2) is 0 Å². The molecule has 21 heavy (non-hydrogen) atoms. The van der Waals surface area contributed by atoms with E-state index >= 15 is 0 Å². The number of pyridine rings is 1. The van der Waals surface area contributed by atoms with Gasteiger partial charge in [0, 0.05) is 28.1 Å². The van der Waals surface area contributed by atoms with Gasteiger partial charge in [-0.2, -0.15) is 0 Å². The average Bonchev–Trinajstić information content (AvgIpc) is 2.93. The summed E-state index contributed by atoms with van der Waals surface area (Å²) in [4.78, 5) is 13.9. The van der Waals surface area contributed by atoms with Crippen molar-refractivity contribution in [3.8, 4) is 0 Å². The number of hydrogen-bond acceptors (Lipinski definition) is 3. The minimum Gasteiger partial charge on any atom is -0.319 e. The average molecular weight is 304 g/mol. The lowest BCUT2D eigenvalue weighted by atomic mass is 9.90. The minimum atomic E-state index is -0.338. The summed E-state index contributed by atoms with van der Waals surface area (Å²) in [6.45, 7) is 9.22. The normalized spacial score (nSPS) is 13.4. The van der Waals surface area contributed by atoms with Crippen molar-refractivity contribution in [2.75, 3.05) is 0 Å². The molecule has 1 unspecified atom stereocenters. The molecule has 0 aromatic carbocycles. The highest BCUT2D eigenvalue weighted by atomic mass is 32.1. The van der Waals surface area contributed by atoms with Gasteiger partial charge in [-0.15, -0.1) is 11.3 Å². The molecule has 0 bridgehead atoms. The molecule has 114 valence electrons. The molecule has 0 saturated carbocycles. The van der Waals surface area contributed by atoms with Crippen molar-refractivity contribution in [1.82, 2.24) is 4.57 Å². The summed E-state index contributed by atoms with van der Waals surface area (Å²) in [5.41, 5.74) is 8.02. The molecule has 1 atom stereocenters. The van der Waals surface area contributed by atoms with Crippen molar-refractivity contribution in [2.45, 2.75) is 52.1 Å². The molecule has 0 aliphatic heterocycles. The lowest BCUT2D eigenvalue weighted by molar-refractivity contribution is 0.494. The molecule has 0 aliphatic carbocycles. The van der Waals surface area contributed by atoms with Crippen LogP contribution in [0.2, 0.25) is 0 Å². The SMILES string of the molecule is CCCn1c(C(C)(C)C)ccc(C(N)c2cccs2)c1=O. The van der Waals surface area contributed by atoms with Crippen LogP contribution in [0.1, 0.15) is 56.3 Å². The van der Waals surface area contributed by atoms with Crippen LogP contribution in [0, 0.1) is 0 Å². The van der Waals surface area contributed by atoms with Crippen molar-refractivity contribution in [1.29, 1.82) is 0 Å². The highest BCUT2D eigenvalue weighted by Gasteiger charge is 2.22. The molecular formula is C17H24N2OS. The van der Waals surface area contributed by atoms with Crippen LogP contribution in [0.5, 0.6) is 0 Å². The largest absolute Gasteiger partial charge is 0.319 e. The standard InChI is InChI=1S/C17H24N2OS/c1-5-10-19-14(17(2,3)4)9-8-12(16(19)20)15(18)13-7-6-11-21-13/h6-9,11,15H,5,10,18H2,1-4H3. The fraction of sp³-hybridized carbons (Fsp3) is 0.471. The van der Waals surface area contributed by atoms with Crippen molar-refractivity contribution >= 4 is 11.3 Å². The van der Waals surface area contributed by atoms with Crippen molar-refractivity contribution < 1.29 is 0 Å². The Morgan fingerprint density at radius 3 is 2.52 bits per heavy atom. The molecule has 0 saturated heterocycles. The molecule has 3 nitrogen and oxygen atoms in total. The van der Waals surface area contributed by atoms with E-state index in [0.29, 0.717) is 5.56 Å². The third-order valence-electron chi connectivity index (χ3n) is 3.60. The molecule has 2 aromatic heterocycles. The quantitative estimate of drug-likeness (QED) is 0.937. The molecule has 2 heterocycles. The molecule has 4 heteroatoms. The van der Waals surface area contributed by atoms with Crippen LogP contribution in [0.15, 0.2) is 34.4 Å². The van der Waals surface area contributed by atoms with Gasteiger partial charge < -0.3 is 10.3 Å². The summed E-state index contributed by atoms with van der Waals surface area (Å²) in [7, 11) is 0. The van der Waals surface area contributed by atoms with Crippen LogP contribution in [0.25, 0.3) is 0 Å². The van der Waals surface area contributed by atoms with E-state index in [1.165, 1.54) is 0 Å². The lowest BCUT2D eigenvalue weighted by Gasteiger charge is -2.25. The molecule has 2 aromatic rings. The third kappa shape index (κ3) is 3.27. The van der Waals surface area contributed by atoms with E-state index in [1.807, 2.05) is 28.1 Å². The van der Waals surface area contributed by atoms with E-state index in [2.05, 4.69) is 33.8 Å². The minimum absolute atomic E-state index is 0.0465. The van der Waals surface area contributed by atoms with E-state index in [0.717, 1.165) is 23.5 Å². The predicted octanol–water partition coefficient (Wildman–Crippen LogP) is 3.67. The van der Waals surface area contributed by atoms with Crippen LogP contribution in [-0.2, 0) is 12.0 Å². The highest BCUT2D eigenvalue weighted by molar-refractivity contribution is 7.10. The Morgan fingerprint density at radius 2 is 2.00 bits per heavy atom. The second kappa shape index (κ2) is 6.16. The molecule has 2 rings (SSSR count). The van der Waals surface area contributed by atoms with Crippen LogP contribution in [0.4, 0.5) is 0 Å². The molecule has 0 radical (unpaired) electrons. The van der Waals surface area contributed by atoms with Crippen molar-refractivity contribution in [3.63, 3.8) is 0 Å². The zero-order valence-electron chi connectivity index (χ0n) is 13.2. The number of hydrogen-bond donors (Lipinski definition) is 1. The van der Waals surface area contributed by atoms with Crippen LogP contribution >= 0.6 is 11.3 Å². The van der Waals surface area contributed by atoms with E-state index in [9.17, 15) is 4.79 Å². The third-order valence-corrected chi connectivity index (χ3v) is 4.56. The number of rotatable bonds is 4. The maximum absolute atomic E-state index is 12.9. The van der Waals surface area contributed by atoms with Crippen LogP contribution in [0.3, 0.4) is 0 Å². The summed E-state index contributed by atoms with van der Waals surface area (Å²) in [6.07, 6.45) is 0.931. The first kappa shape index (κ1) is 16.0. The fourth-order valence-corrected chi connectivity index (χ4v) is 3.30. The number of thiophene rings is 1. The molecule has 0 aliphatic rings. The maximum atomic E-state index is 12.9. The first-order chi connectivity index (χ1) is 9.86. The maximum Gasteiger partial charge on any atom is 0.255 e. The molecule has 0 fully saturated rings. The highest BCUT2D eigenvalue weighted by Crippen LogP contribution is 2.25. The molecule has 2 N–H and O–H groups in total. The second-order valence-electron chi connectivity index (χ2n) is 6.37. The molecule has 0 amide bonds. The Morgan fingerprint density at radius 1 is 1.29 bits per heavy atom. The number of aromatic nitrogens is 1. The zero-order valence-corrected chi connectivity index (χ0v) is 14.0. The number of nitrogens with zero attached hydrogens (tertiary/aromatic N) is 1. The van der Waals surface area contributed by atoms with E-state index in [4.69, 9.17) is 5.73 Å². The van der Waals surface area contributed by atoms with Gasteiger partial charge in [0.05, 0.1) is 6.04 Å². The summed E-state index contributed by atoms with van der Waals surface area (Å²) in [5.74, 6) is 0. The van der Waals surface area contributed by atoms with Crippen LogP contribution in [-0.4, -0.2) is 4.57 Å². The summed E-state index contributed by atoms with van der Waals surface area (Å²) in [5, 5.41) is 1.99. The first-order valence-corrected chi connectivity index (χ1v) is 8.27. The predicted molar refractivity (Wildman–Crippen MR) is 90.0 cm³/mol. The monoisotopic (exact) mass is 304 g/mol. The van der Waals surface area contributed by atoms with Gasteiger partial charge in [-0.3, -0.25) is 4.79 Å². The molecular weight excluding hydrogens is 280 g/mol. The summed E-state index contributed by atoms with van der Waals surface area (Å²) in [6, 6.07) is 7.57. The summed E-state index contributed by atoms with van der Waals surface area (Å²) < 4.78 is 1.89. The van der Waals surface area contributed by atoms with E-state index in [-0.39, 0.29) is 17.0 Å². The number of nitrogens with two attached hydrogens (primary N) is 1. The Hall–Kier alpha value is -1.39. The van der Waals surface area contributed by atoms with E-state index in [1.54, 1.807) is 11.3 Å². The van der Waals surface area contributed by atoms with E-state index < -0.39 is 0 Å². The van der Waals surface area contributed by atoms with Crippen LogP contribution < -0.4 is 11.3 Å². The Balaban J connectivity index is 2.55. The topological polar surface area (TPSA) is 48.0 Å². The zero-order chi connectivity index (χ0) is 15.6. The van der Waals surface area contributed by atoms with Gasteiger partial charge in [0.1, 0.15) is 0 Å². The Labute approximate surface area is 130 Å². The smallest absolute Gasteiger partial charge is 0.255 e. The van der Waals surface area contributed by atoms with Gasteiger partial charge in [-0.25, -0.2) is 0 Å². The van der Waals surface area contributed by atoms with Gasteiger partial charge in [-0.1, -0.05) is 33.8 Å². The second-order valence-corrected chi connectivity index (χ2v) is 7.35. The van der Waals surface area contributed by atoms with Crippen molar-refractivity contribution in [3.05, 3.63) is 56.1 Å². The first-order valence-electron chi connectivity index (χ1n) is 7.39. The Kier molecular flexibility index (Phi) is 4.69. The van der Waals surface area contributed by atoms with Gasteiger partial charge in [-0.05, 0) is 30.0 Å². The van der Waals surface area contributed by atoms with Gasteiger partial charge >= 0.3 is 0 Å².